The summed E-state index contributed by atoms with van der Waals surface area (Å²) in [7, 11) is 0. The monoisotopic (exact) mass is 465 g/mol. The highest BCUT2D eigenvalue weighted by molar-refractivity contribution is 7.99. The molecule has 6 nitrogen and oxygen atoms in total. The number of nitrogens with one attached hydrogen (secondary N) is 1. The average molecular weight is 466 g/mol. The van der Waals surface area contributed by atoms with E-state index in [0.717, 1.165) is 49.1 Å². The van der Waals surface area contributed by atoms with Crippen molar-refractivity contribution in [1.82, 2.24) is 20.2 Å². The average Bonchev–Trinajstić information content (AvgIpc) is 2.96. The summed E-state index contributed by atoms with van der Waals surface area (Å²) in [5.74, 6) is 0.797. The van der Waals surface area contributed by atoms with Gasteiger partial charge >= 0.3 is 0 Å². The van der Waals surface area contributed by atoms with Gasteiger partial charge in [0.2, 0.25) is 11.9 Å². The van der Waals surface area contributed by atoms with Gasteiger partial charge in [-0.1, -0.05) is 41.6 Å². The van der Waals surface area contributed by atoms with Crippen LogP contribution in [0, 0.1) is 0 Å². The lowest BCUT2D eigenvalue weighted by atomic mass is 9.99. The van der Waals surface area contributed by atoms with Gasteiger partial charge in [0.1, 0.15) is 0 Å². The normalized spacial score (nSPS) is 18.4. The molecule has 1 N–H and O–H groups in total. The van der Waals surface area contributed by atoms with Crippen molar-refractivity contribution in [3.8, 4) is 0 Å². The van der Waals surface area contributed by atoms with Crippen LogP contribution in [0.25, 0.3) is 0 Å². The van der Waals surface area contributed by atoms with Crippen molar-refractivity contribution in [3.63, 3.8) is 0 Å². The summed E-state index contributed by atoms with van der Waals surface area (Å²) in [6, 6.07) is 16.1. The Balaban J connectivity index is 1.25. The zero-order valence-corrected chi connectivity index (χ0v) is 19.1. The van der Waals surface area contributed by atoms with Gasteiger partial charge in [0.15, 0.2) is 0 Å². The summed E-state index contributed by atoms with van der Waals surface area (Å²) >= 11 is 8.00. The minimum absolute atomic E-state index is 0.0460. The van der Waals surface area contributed by atoms with Gasteiger partial charge in [-0.25, -0.2) is 9.97 Å². The quantitative estimate of drug-likeness (QED) is 0.632. The molecule has 1 aromatic heterocycles. The van der Waals surface area contributed by atoms with E-state index in [1.165, 1.54) is 15.4 Å². The number of rotatable bonds is 4. The Hall–Kier alpha value is -2.61. The van der Waals surface area contributed by atoms with Gasteiger partial charge in [-0.3, -0.25) is 9.69 Å². The number of piperazine rings is 1. The predicted molar refractivity (Wildman–Crippen MR) is 127 cm³/mol. The SMILES string of the molecule is O=C(CN1CCN(c2ncccn2)CC1)N[C@H]1Cc2cc(Cl)ccc2Sc2ccccc21. The fourth-order valence-electron chi connectivity index (χ4n) is 4.25. The highest BCUT2D eigenvalue weighted by Gasteiger charge is 2.26. The Kier molecular flexibility index (Phi) is 6.30. The smallest absolute Gasteiger partial charge is 0.234 e. The Bertz CT molecular complexity index is 1100. The van der Waals surface area contributed by atoms with Crippen molar-refractivity contribution < 1.29 is 4.79 Å². The van der Waals surface area contributed by atoms with Crippen LogP contribution in [0.4, 0.5) is 5.95 Å². The molecule has 1 fully saturated rings. The van der Waals surface area contributed by atoms with E-state index in [1.54, 1.807) is 24.2 Å². The molecule has 2 aliphatic heterocycles. The maximum atomic E-state index is 13.0. The summed E-state index contributed by atoms with van der Waals surface area (Å²) in [5, 5.41) is 4.01. The van der Waals surface area contributed by atoms with Crippen LogP contribution in [-0.2, 0) is 11.2 Å². The molecule has 2 aliphatic rings. The number of anilines is 1. The first kappa shape index (κ1) is 21.2. The number of nitrogens with zero attached hydrogens (tertiary/aromatic N) is 4. The number of hydrogen-bond acceptors (Lipinski definition) is 6. The number of hydrogen-bond donors (Lipinski definition) is 1. The van der Waals surface area contributed by atoms with Gasteiger partial charge in [-0.2, -0.15) is 0 Å². The van der Waals surface area contributed by atoms with Crippen molar-refractivity contribution in [2.24, 2.45) is 0 Å². The third kappa shape index (κ3) is 4.75. The van der Waals surface area contributed by atoms with Crippen molar-refractivity contribution >= 4 is 35.2 Å². The van der Waals surface area contributed by atoms with Gasteiger partial charge in [-0.15, -0.1) is 0 Å². The molecule has 8 heteroatoms. The first-order chi connectivity index (χ1) is 15.7. The molecule has 0 saturated carbocycles. The second-order valence-electron chi connectivity index (χ2n) is 8.03. The van der Waals surface area contributed by atoms with Crippen LogP contribution in [0.15, 0.2) is 70.7 Å². The zero-order chi connectivity index (χ0) is 21.9. The van der Waals surface area contributed by atoms with E-state index in [9.17, 15) is 4.79 Å². The van der Waals surface area contributed by atoms with Gasteiger partial charge in [0.05, 0.1) is 12.6 Å². The molecule has 2 aromatic carbocycles. The molecule has 0 radical (unpaired) electrons. The van der Waals surface area contributed by atoms with Crippen LogP contribution < -0.4 is 10.2 Å². The van der Waals surface area contributed by atoms with E-state index < -0.39 is 0 Å². The van der Waals surface area contributed by atoms with Crippen LogP contribution in [-0.4, -0.2) is 53.5 Å². The number of halogens is 1. The molecule has 0 spiro atoms. The third-order valence-corrected chi connectivity index (χ3v) is 7.32. The van der Waals surface area contributed by atoms with Crippen LogP contribution in [0.3, 0.4) is 0 Å². The minimum Gasteiger partial charge on any atom is -0.348 e. The first-order valence-electron chi connectivity index (χ1n) is 10.7. The Labute approximate surface area is 197 Å². The van der Waals surface area contributed by atoms with Gasteiger partial charge in [-0.05, 0) is 47.9 Å². The van der Waals surface area contributed by atoms with E-state index >= 15 is 0 Å². The largest absolute Gasteiger partial charge is 0.348 e. The van der Waals surface area contributed by atoms with Crippen LogP contribution in [0.1, 0.15) is 17.2 Å². The van der Waals surface area contributed by atoms with Crippen molar-refractivity contribution in [3.05, 3.63) is 77.1 Å². The summed E-state index contributed by atoms with van der Waals surface area (Å²) in [6.45, 7) is 3.62. The number of benzene rings is 2. The molecule has 1 amide bonds. The highest BCUT2D eigenvalue weighted by Crippen LogP contribution is 2.41. The van der Waals surface area contributed by atoms with E-state index in [1.807, 2.05) is 30.3 Å². The van der Waals surface area contributed by atoms with Gasteiger partial charge < -0.3 is 10.2 Å². The molecular formula is C24H24ClN5OS. The number of carbonyl (C=O) groups is 1. The van der Waals surface area contributed by atoms with E-state index in [2.05, 4.69) is 43.3 Å². The lowest BCUT2D eigenvalue weighted by Gasteiger charge is -2.34. The summed E-state index contributed by atoms with van der Waals surface area (Å²) < 4.78 is 0. The molecule has 164 valence electrons. The Morgan fingerprint density at radius 1 is 1.03 bits per heavy atom. The lowest BCUT2D eigenvalue weighted by molar-refractivity contribution is -0.123. The standard InChI is InChI=1S/C24H24ClN5OS/c25-18-6-7-21-17(14-18)15-20(19-4-1-2-5-22(19)32-21)28-23(31)16-29-10-12-30(13-11-29)24-26-8-3-9-27-24/h1-9,14,20H,10-13,15-16H2,(H,28,31)/t20-/m0/s1. The third-order valence-electron chi connectivity index (χ3n) is 5.87. The van der Waals surface area contributed by atoms with Gasteiger partial charge in [0, 0.05) is 53.4 Å². The van der Waals surface area contributed by atoms with E-state index in [0.29, 0.717) is 6.54 Å². The second kappa shape index (κ2) is 9.48. The number of amides is 1. The fraction of sp³-hybridized carbons (Fsp3) is 0.292. The molecular weight excluding hydrogens is 442 g/mol. The maximum Gasteiger partial charge on any atom is 0.234 e. The number of carbonyl (C=O) groups excluding carboxylic acids is 1. The van der Waals surface area contributed by atoms with Crippen molar-refractivity contribution in [2.45, 2.75) is 22.3 Å². The summed E-state index contributed by atoms with van der Waals surface area (Å²) in [6.07, 6.45) is 4.25. The molecule has 32 heavy (non-hydrogen) atoms. The fourth-order valence-corrected chi connectivity index (χ4v) is 5.56. The molecule has 0 aliphatic carbocycles. The van der Waals surface area contributed by atoms with E-state index in [-0.39, 0.29) is 11.9 Å². The summed E-state index contributed by atoms with van der Waals surface area (Å²) in [4.78, 5) is 28.4. The molecule has 0 bridgehead atoms. The second-order valence-corrected chi connectivity index (χ2v) is 9.55. The Morgan fingerprint density at radius 2 is 1.81 bits per heavy atom. The number of fused-ring (bicyclic) bond motifs is 2. The molecule has 5 rings (SSSR count). The van der Waals surface area contributed by atoms with Crippen molar-refractivity contribution in [2.75, 3.05) is 37.6 Å². The molecule has 0 unspecified atom stereocenters. The van der Waals surface area contributed by atoms with E-state index in [4.69, 9.17) is 11.6 Å². The van der Waals surface area contributed by atoms with Crippen molar-refractivity contribution in [1.29, 1.82) is 0 Å². The topological polar surface area (TPSA) is 61.4 Å². The predicted octanol–water partition coefficient (Wildman–Crippen LogP) is 3.82. The summed E-state index contributed by atoms with van der Waals surface area (Å²) in [5.41, 5.74) is 2.32. The Morgan fingerprint density at radius 3 is 2.62 bits per heavy atom. The first-order valence-corrected chi connectivity index (χ1v) is 11.9. The molecule has 1 atom stereocenters. The molecule has 1 saturated heterocycles. The molecule has 3 heterocycles. The molecule has 3 aromatic rings. The maximum absolute atomic E-state index is 13.0. The van der Waals surface area contributed by atoms with Crippen LogP contribution in [0.5, 0.6) is 0 Å². The van der Waals surface area contributed by atoms with Crippen LogP contribution >= 0.6 is 23.4 Å². The number of aromatic nitrogens is 2. The van der Waals surface area contributed by atoms with Gasteiger partial charge in [0.25, 0.3) is 0 Å². The lowest BCUT2D eigenvalue weighted by Crippen LogP contribution is -2.50. The zero-order valence-electron chi connectivity index (χ0n) is 17.6. The minimum atomic E-state index is -0.0788. The van der Waals surface area contributed by atoms with Crippen LogP contribution in [0.2, 0.25) is 5.02 Å². The highest BCUT2D eigenvalue weighted by atomic mass is 35.5.